The molecule has 8 nitrogen and oxygen atoms in total. The standard InChI is InChI=1S/C23H26N4O4S2/c1-3-25-23(15-28,27-33(2,30)31)14-16-6-8-17(9-7-16)22(29)26-20-13-18(10-11-19(20)24)21-5-4-12-32-21/h4-13,15,25,27H,3,14,24H2,1-2H3,(H,26,29)/t23-/m0/s1. The van der Waals surface area contributed by atoms with Crippen LogP contribution in [0.3, 0.4) is 0 Å². The minimum atomic E-state index is -3.64. The summed E-state index contributed by atoms with van der Waals surface area (Å²) in [6.07, 6.45) is 1.62. The van der Waals surface area contributed by atoms with Crippen molar-refractivity contribution >= 4 is 44.9 Å². The Morgan fingerprint density at radius 3 is 2.45 bits per heavy atom. The molecule has 0 spiro atoms. The smallest absolute Gasteiger partial charge is 0.255 e. The highest BCUT2D eigenvalue weighted by molar-refractivity contribution is 7.88. The lowest BCUT2D eigenvalue weighted by atomic mass is 10.00. The summed E-state index contributed by atoms with van der Waals surface area (Å²) >= 11 is 1.59. The fourth-order valence-electron chi connectivity index (χ4n) is 3.44. The number of rotatable bonds is 10. The Bertz CT molecular complexity index is 1230. The average molecular weight is 487 g/mol. The first-order valence-corrected chi connectivity index (χ1v) is 13.0. The van der Waals surface area contributed by atoms with Gasteiger partial charge in [-0.2, -0.15) is 4.72 Å². The molecular weight excluding hydrogens is 460 g/mol. The number of benzene rings is 2. The van der Waals surface area contributed by atoms with E-state index in [0.29, 0.717) is 35.3 Å². The molecule has 2 aromatic carbocycles. The van der Waals surface area contributed by atoms with E-state index in [-0.39, 0.29) is 12.3 Å². The monoisotopic (exact) mass is 486 g/mol. The lowest BCUT2D eigenvalue weighted by Gasteiger charge is -2.29. The second-order valence-electron chi connectivity index (χ2n) is 7.60. The summed E-state index contributed by atoms with van der Waals surface area (Å²) in [6.45, 7) is 2.16. The van der Waals surface area contributed by atoms with Crippen LogP contribution in [0.4, 0.5) is 11.4 Å². The van der Waals surface area contributed by atoms with Crippen LogP contribution in [0.15, 0.2) is 60.0 Å². The lowest BCUT2D eigenvalue weighted by Crippen LogP contribution is -2.61. The van der Waals surface area contributed by atoms with Gasteiger partial charge in [0.1, 0.15) is 5.66 Å². The maximum absolute atomic E-state index is 12.8. The fraction of sp³-hybridized carbons (Fsp3) is 0.217. The summed E-state index contributed by atoms with van der Waals surface area (Å²) in [6, 6.07) is 16.0. The zero-order valence-electron chi connectivity index (χ0n) is 18.3. The van der Waals surface area contributed by atoms with Gasteiger partial charge >= 0.3 is 0 Å². The van der Waals surface area contributed by atoms with E-state index in [9.17, 15) is 18.0 Å². The zero-order chi connectivity index (χ0) is 24.1. The number of sulfonamides is 1. The zero-order valence-corrected chi connectivity index (χ0v) is 19.9. The summed E-state index contributed by atoms with van der Waals surface area (Å²) in [4.78, 5) is 25.6. The molecule has 1 heterocycles. The summed E-state index contributed by atoms with van der Waals surface area (Å²) in [5.41, 5.74) is 7.58. The van der Waals surface area contributed by atoms with Crippen molar-refractivity contribution < 1.29 is 18.0 Å². The molecule has 0 radical (unpaired) electrons. The van der Waals surface area contributed by atoms with Gasteiger partial charge in [-0.05, 0) is 53.4 Å². The van der Waals surface area contributed by atoms with Crippen molar-refractivity contribution in [2.75, 3.05) is 23.9 Å². The molecule has 1 aromatic heterocycles. The minimum absolute atomic E-state index is 0.0785. The summed E-state index contributed by atoms with van der Waals surface area (Å²) in [7, 11) is -3.64. The molecule has 33 heavy (non-hydrogen) atoms. The SMILES string of the molecule is CCN[C@@](C=O)(Cc1ccc(C(=O)Nc2cc(-c3cccs3)ccc2N)cc1)NS(C)(=O)=O. The third kappa shape index (κ3) is 6.48. The quantitative estimate of drug-likeness (QED) is 0.198. The molecule has 174 valence electrons. The molecule has 0 aliphatic rings. The molecule has 3 rings (SSSR count). The molecule has 1 amide bonds. The van der Waals surface area contributed by atoms with E-state index >= 15 is 0 Å². The van der Waals surface area contributed by atoms with Crippen LogP contribution in [0, 0.1) is 0 Å². The Morgan fingerprint density at radius 2 is 1.88 bits per heavy atom. The molecule has 1 atom stereocenters. The molecule has 0 aliphatic heterocycles. The number of hydrogen-bond acceptors (Lipinski definition) is 7. The number of nitrogen functional groups attached to an aromatic ring is 1. The van der Waals surface area contributed by atoms with Crippen molar-refractivity contribution in [3.8, 4) is 10.4 Å². The fourth-order valence-corrected chi connectivity index (χ4v) is 5.02. The van der Waals surface area contributed by atoms with E-state index in [1.54, 1.807) is 48.6 Å². The van der Waals surface area contributed by atoms with Crippen LogP contribution in [0.5, 0.6) is 0 Å². The van der Waals surface area contributed by atoms with E-state index in [0.717, 1.165) is 16.7 Å². The predicted octanol–water partition coefficient (Wildman–Crippen LogP) is 2.85. The largest absolute Gasteiger partial charge is 0.397 e. The highest BCUT2D eigenvalue weighted by Gasteiger charge is 2.32. The number of nitrogens with one attached hydrogen (secondary N) is 3. The number of thiophene rings is 1. The van der Waals surface area contributed by atoms with Gasteiger partial charge in [-0.25, -0.2) is 8.42 Å². The maximum atomic E-state index is 12.8. The highest BCUT2D eigenvalue weighted by Crippen LogP contribution is 2.30. The van der Waals surface area contributed by atoms with Crippen LogP contribution in [0.1, 0.15) is 22.8 Å². The normalized spacial score (nSPS) is 13.3. The van der Waals surface area contributed by atoms with Crippen LogP contribution in [0.25, 0.3) is 10.4 Å². The number of anilines is 2. The number of nitrogens with two attached hydrogens (primary N) is 1. The lowest BCUT2D eigenvalue weighted by molar-refractivity contribution is -0.113. The third-order valence-corrected chi connectivity index (χ3v) is 6.52. The van der Waals surface area contributed by atoms with Crippen molar-refractivity contribution in [1.29, 1.82) is 0 Å². The summed E-state index contributed by atoms with van der Waals surface area (Å²) in [5.74, 6) is -0.334. The van der Waals surface area contributed by atoms with Gasteiger partial charge in [0.25, 0.3) is 5.91 Å². The van der Waals surface area contributed by atoms with E-state index in [4.69, 9.17) is 5.73 Å². The molecule has 0 saturated carbocycles. The van der Waals surface area contributed by atoms with Crippen molar-refractivity contribution in [3.05, 3.63) is 71.1 Å². The molecule has 0 aliphatic carbocycles. The number of likely N-dealkylation sites (N-methyl/N-ethyl adjacent to an activating group) is 1. The van der Waals surface area contributed by atoms with Crippen LogP contribution >= 0.6 is 11.3 Å². The topological polar surface area (TPSA) is 130 Å². The number of carbonyl (C=O) groups excluding carboxylic acids is 2. The Balaban J connectivity index is 1.76. The molecular formula is C23H26N4O4S2. The summed E-state index contributed by atoms with van der Waals surface area (Å²) < 4.78 is 25.8. The van der Waals surface area contributed by atoms with E-state index in [1.807, 2.05) is 29.6 Å². The van der Waals surface area contributed by atoms with Gasteiger partial charge in [-0.1, -0.05) is 31.2 Å². The van der Waals surface area contributed by atoms with Gasteiger partial charge in [-0.15, -0.1) is 11.3 Å². The van der Waals surface area contributed by atoms with Crippen molar-refractivity contribution in [2.24, 2.45) is 0 Å². The second kappa shape index (κ2) is 10.3. The molecule has 3 aromatic rings. The van der Waals surface area contributed by atoms with Gasteiger partial charge in [-0.3, -0.25) is 14.9 Å². The molecule has 5 N–H and O–H groups in total. The average Bonchev–Trinajstić information content (AvgIpc) is 3.29. The Morgan fingerprint density at radius 1 is 1.15 bits per heavy atom. The van der Waals surface area contributed by atoms with Crippen LogP contribution in [-0.4, -0.2) is 39.1 Å². The molecule has 0 fully saturated rings. The number of aldehydes is 1. The Labute approximate surface area is 197 Å². The Kier molecular flexibility index (Phi) is 7.65. The van der Waals surface area contributed by atoms with Crippen molar-refractivity contribution in [1.82, 2.24) is 10.0 Å². The first-order chi connectivity index (χ1) is 15.6. The molecule has 0 saturated heterocycles. The molecule has 0 bridgehead atoms. The third-order valence-electron chi connectivity index (χ3n) is 4.87. The van der Waals surface area contributed by atoms with Crippen LogP contribution in [-0.2, 0) is 21.2 Å². The van der Waals surface area contributed by atoms with E-state index < -0.39 is 15.7 Å². The maximum Gasteiger partial charge on any atom is 0.255 e. The molecule has 0 unspecified atom stereocenters. The summed E-state index contributed by atoms with van der Waals surface area (Å²) in [5, 5.41) is 7.71. The van der Waals surface area contributed by atoms with Crippen molar-refractivity contribution in [2.45, 2.75) is 19.0 Å². The van der Waals surface area contributed by atoms with Crippen molar-refractivity contribution in [3.63, 3.8) is 0 Å². The first kappa shape index (κ1) is 24.6. The second-order valence-corrected chi connectivity index (χ2v) is 10.3. The first-order valence-electron chi connectivity index (χ1n) is 10.2. The van der Waals surface area contributed by atoms with Gasteiger partial charge < -0.3 is 11.1 Å². The number of carbonyl (C=O) groups is 2. The van der Waals surface area contributed by atoms with E-state index in [2.05, 4.69) is 15.4 Å². The molecule has 10 heteroatoms. The number of amides is 1. The van der Waals surface area contributed by atoms with Gasteiger partial charge in [0.2, 0.25) is 10.0 Å². The number of hydrogen-bond donors (Lipinski definition) is 4. The van der Waals surface area contributed by atoms with E-state index in [1.165, 1.54) is 0 Å². The highest BCUT2D eigenvalue weighted by atomic mass is 32.2. The Hall–Kier alpha value is -3.05. The van der Waals surface area contributed by atoms with Gasteiger partial charge in [0.05, 0.1) is 17.6 Å². The predicted molar refractivity (Wildman–Crippen MR) is 133 cm³/mol. The van der Waals surface area contributed by atoms with Gasteiger partial charge in [0.15, 0.2) is 6.29 Å². The minimum Gasteiger partial charge on any atom is -0.397 e. The van der Waals surface area contributed by atoms with Crippen LogP contribution in [0.2, 0.25) is 0 Å². The van der Waals surface area contributed by atoms with Gasteiger partial charge in [0, 0.05) is 16.9 Å². The van der Waals surface area contributed by atoms with Crippen LogP contribution < -0.4 is 21.1 Å².